The molecule has 6 atom stereocenters. The van der Waals surface area contributed by atoms with E-state index in [-0.39, 0.29) is 18.9 Å². The van der Waals surface area contributed by atoms with E-state index in [1.54, 1.807) is 0 Å². The molecule has 25 heavy (non-hydrogen) atoms. The van der Waals surface area contributed by atoms with Crippen LogP contribution in [0.3, 0.4) is 0 Å². The van der Waals surface area contributed by atoms with Gasteiger partial charge >= 0.3 is 0 Å². The molecule has 2 N–H and O–H groups in total. The minimum absolute atomic E-state index is 0.165. The Hall–Kier alpha value is -1.60. The van der Waals surface area contributed by atoms with Crippen molar-refractivity contribution in [2.45, 2.75) is 37.0 Å². The van der Waals surface area contributed by atoms with E-state index >= 15 is 0 Å². The van der Waals surface area contributed by atoms with Gasteiger partial charge < -0.3 is 43.5 Å². The fourth-order valence-electron chi connectivity index (χ4n) is 1.69. The van der Waals surface area contributed by atoms with Gasteiger partial charge in [0, 0.05) is 14.2 Å². The highest BCUT2D eigenvalue weighted by molar-refractivity contribution is 5.60. The first-order chi connectivity index (χ1) is 12.0. The monoisotopic (exact) mass is 366 g/mol. The molecule has 6 unspecified atom stereocenters. The second kappa shape index (κ2) is 13.7. The Bertz CT molecular complexity index is 402. The number of hydrogen-bond acceptors (Lipinski definition) is 11. The van der Waals surface area contributed by atoms with Crippen molar-refractivity contribution in [3.05, 3.63) is 0 Å². The average molecular weight is 366 g/mol. The molecule has 0 saturated heterocycles. The summed E-state index contributed by atoms with van der Waals surface area (Å²) in [6, 6.07) is 0. The van der Waals surface area contributed by atoms with Crippen LogP contribution in [0.25, 0.3) is 0 Å². The molecule has 0 aromatic carbocycles. The maximum Gasteiger partial charge on any atom is 0.215 e. The minimum atomic E-state index is -1.68. The molecule has 0 spiro atoms. The second-order valence-electron chi connectivity index (χ2n) is 4.53. The van der Waals surface area contributed by atoms with Crippen molar-refractivity contribution in [1.29, 1.82) is 0 Å². The fraction of sp³-hybridized carbons (Fsp3) is 0.714. The number of ether oxygens (including phenoxy) is 5. The molecule has 0 radical (unpaired) electrons. The van der Waals surface area contributed by atoms with Crippen molar-refractivity contribution in [1.82, 2.24) is 0 Å². The van der Waals surface area contributed by atoms with Gasteiger partial charge in [0.15, 0.2) is 25.1 Å². The average Bonchev–Trinajstić information content (AvgIpc) is 2.66. The van der Waals surface area contributed by atoms with Crippen LogP contribution in [-0.4, -0.2) is 99.8 Å². The SMILES string of the molecule is COC(C=O)OC(CO)C(C=O)OC(C=O)OC(CO)C(C=O)OC. The standard InChI is InChI=1S/C14H22O11/c1-21-9(3-15)10(4-16)24-14(8-20)25-12(6-18)11(5-17)23-13(7-19)22-2/h3,6-14,16-17H,4-5H2,1-2H3. The molecular formula is C14H22O11. The summed E-state index contributed by atoms with van der Waals surface area (Å²) in [5, 5.41) is 18.5. The molecule has 0 bridgehead atoms. The first-order valence-corrected chi connectivity index (χ1v) is 7.09. The van der Waals surface area contributed by atoms with Crippen LogP contribution >= 0.6 is 0 Å². The molecule has 0 aliphatic carbocycles. The third-order valence-electron chi connectivity index (χ3n) is 3.00. The quantitative estimate of drug-likeness (QED) is 0.215. The highest BCUT2D eigenvalue weighted by atomic mass is 16.7. The van der Waals surface area contributed by atoms with Crippen LogP contribution < -0.4 is 0 Å². The zero-order valence-corrected chi connectivity index (χ0v) is 13.8. The molecule has 0 heterocycles. The van der Waals surface area contributed by atoms with E-state index in [1.165, 1.54) is 7.11 Å². The molecule has 0 aromatic rings. The molecule has 0 aliphatic heterocycles. The van der Waals surface area contributed by atoms with Crippen LogP contribution in [0.4, 0.5) is 0 Å². The lowest BCUT2D eigenvalue weighted by molar-refractivity contribution is -0.234. The lowest BCUT2D eigenvalue weighted by atomic mass is 10.2. The van der Waals surface area contributed by atoms with Crippen molar-refractivity contribution in [3.63, 3.8) is 0 Å². The van der Waals surface area contributed by atoms with Crippen LogP contribution in [0.15, 0.2) is 0 Å². The number of aldehydes is 4. The van der Waals surface area contributed by atoms with E-state index in [0.29, 0.717) is 6.29 Å². The topological polar surface area (TPSA) is 155 Å². The smallest absolute Gasteiger partial charge is 0.215 e. The predicted molar refractivity (Wildman–Crippen MR) is 78.4 cm³/mol. The highest BCUT2D eigenvalue weighted by Crippen LogP contribution is 2.11. The van der Waals surface area contributed by atoms with Crippen molar-refractivity contribution < 1.29 is 53.1 Å². The van der Waals surface area contributed by atoms with Crippen LogP contribution in [0.2, 0.25) is 0 Å². The van der Waals surface area contributed by atoms with E-state index in [2.05, 4.69) is 4.74 Å². The van der Waals surface area contributed by atoms with Gasteiger partial charge in [0.05, 0.1) is 13.2 Å². The summed E-state index contributed by atoms with van der Waals surface area (Å²) in [6.07, 6.45) is -7.27. The summed E-state index contributed by atoms with van der Waals surface area (Å²) in [7, 11) is 2.35. The van der Waals surface area contributed by atoms with Gasteiger partial charge in [0.25, 0.3) is 0 Å². The summed E-state index contributed by atoms with van der Waals surface area (Å²) < 4.78 is 24.6. The third-order valence-corrected chi connectivity index (χ3v) is 3.00. The number of carbonyl (C=O) groups is 4. The maximum absolute atomic E-state index is 11.2. The largest absolute Gasteiger partial charge is 0.394 e. The van der Waals surface area contributed by atoms with Gasteiger partial charge in [0.2, 0.25) is 12.6 Å². The predicted octanol–water partition coefficient (Wildman–Crippen LogP) is -2.76. The van der Waals surface area contributed by atoms with Gasteiger partial charge in [-0.3, -0.25) is 9.59 Å². The van der Waals surface area contributed by atoms with Crippen molar-refractivity contribution in [2.24, 2.45) is 0 Å². The van der Waals surface area contributed by atoms with Crippen LogP contribution in [0, 0.1) is 0 Å². The van der Waals surface area contributed by atoms with E-state index in [9.17, 15) is 29.4 Å². The Morgan fingerprint density at radius 1 is 0.680 bits per heavy atom. The Kier molecular flexibility index (Phi) is 12.8. The minimum Gasteiger partial charge on any atom is -0.394 e. The van der Waals surface area contributed by atoms with E-state index in [1.807, 2.05) is 0 Å². The Morgan fingerprint density at radius 3 is 1.52 bits per heavy atom. The molecule has 0 rings (SSSR count). The zero-order chi connectivity index (χ0) is 19.2. The number of carbonyl (C=O) groups excluding carboxylic acids is 4. The molecule has 0 aromatic heterocycles. The summed E-state index contributed by atoms with van der Waals surface area (Å²) in [5.74, 6) is 0. The number of methoxy groups -OCH3 is 2. The molecule has 0 amide bonds. The lowest BCUT2D eigenvalue weighted by Crippen LogP contribution is -2.45. The molecular weight excluding hydrogens is 344 g/mol. The molecule has 0 aliphatic rings. The Morgan fingerprint density at radius 2 is 1.16 bits per heavy atom. The van der Waals surface area contributed by atoms with Gasteiger partial charge in [-0.15, -0.1) is 0 Å². The molecule has 144 valence electrons. The number of aliphatic hydroxyl groups excluding tert-OH is 2. The zero-order valence-electron chi connectivity index (χ0n) is 13.8. The van der Waals surface area contributed by atoms with Crippen LogP contribution in [0.1, 0.15) is 0 Å². The number of aliphatic hydroxyl groups is 2. The van der Waals surface area contributed by atoms with Crippen LogP contribution in [-0.2, 0) is 42.9 Å². The molecule has 11 nitrogen and oxygen atoms in total. The maximum atomic E-state index is 11.2. The van der Waals surface area contributed by atoms with Gasteiger partial charge in [-0.2, -0.15) is 0 Å². The summed E-state index contributed by atoms with van der Waals surface area (Å²) in [4.78, 5) is 43.8. The third kappa shape index (κ3) is 7.88. The number of hydrogen-bond donors (Lipinski definition) is 2. The summed E-state index contributed by atoms with van der Waals surface area (Å²) >= 11 is 0. The lowest BCUT2D eigenvalue weighted by Gasteiger charge is -2.28. The molecule has 0 saturated carbocycles. The number of rotatable bonds is 16. The Balaban J connectivity index is 5.02. The highest BCUT2D eigenvalue weighted by Gasteiger charge is 2.31. The normalized spacial score (nSPS) is 18.4. The second-order valence-corrected chi connectivity index (χ2v) is 4.53. The molecule has 0 fully saturated rings. The fourth-order valence-corrected chi connectivity index (χ4v) is 1.69. The first kappa shape index (κ1) is 23.4. The van der Waals surface area contributed by atoms with Gasteiger partial charge in [-0.25, -0.2) is 0 Å². The van der Waals surface area contributed by atoms with E-state index < -0.39 is 50.2 Å². The summed E-state index contributed by atoms with van der Waals surface area (Å²) in [5.41, 5.74) is 0. The van der Waals surface area contributed by atoms with Crippen molar-refractivity contribution in [3.8, 4) is 0 Å². The summed E-state index contributed by atoms with van der Waals surface area (Å²) in [6.45, 7) is -1.41. The van der Waals surface area contributed by atoms with Crippen LogP contribution in [0.5, 0.6) is 0 Å². The van der Waals surface area contributed by atoms with E-state index in [4.69, 9.17) is 18.9 Å². The van der Waals surface area contributed by atoms with Gasteiger partial charge in [0.1, 0.15) is 24.4 Å². The first-order valence-electron chi connectivity index (χ1n) is 7.09. The van der Waals surface area contributed by atoms with Crippen molar-refractivity contribution in [2.75, 3.05) is 27.4 Å². The van der Waals surface area contributed by atoms with Gasteiger partial charge in [-0.1, -0.05) is 0 Å². The van der Waals surface area contributed by atoms with Gasteiger partial charge in [-0.05, 0) is 0 Å². The molecule has 11 heteroatoms. The van der Waals surface area contributed by atoms with E-state index in [0.717, 1.165) is 7.11 Å². The van der Waals surface area contributed by atoms with Crippen molar-refractivity contribution >= 4 is 25.1 Å². The Labute approximate surface area is 143 Å².